The highest BCUT2D eigenvalue weighted by molar-refractivity contribution is 5.95. The molecular weight excluding hydrogens is 449 g/mol. The van der Waals surface area contributed by atoms with E-state index in [1.165, 1.54) is 17.9 Å². The van der Waals surface area contributed by atoms with Gasteiger partial charge in [0.2, 0.25) is 0 Å². The summed E-state index contributed by atoms with van der Waals surface area (Å²) in [5.74, 6) is -4.27. The van der Waals surface area contributed by atoms with Crippen molar-refractivity contribution < 1.29 is 31.8 Å². The molecule has 0 bridgehead atoms. The highest BCUT2D eigenvalue weighted by Gasteiger charge is 2.38. The molecule has 0 amide bonds. The van der Waals surface area contributed by atoms with Crippen LogP contribution in [-0.2, 0) is 13.2 Å². The molecule has 0 saturated heterocycles. The molecule has 1 aromatic carbocycles. The lowest BCUT2D eigenvalue weighted by Crippen LogP contribution is -2.29. The van der Waals surface area contributed by atoms with E-state index < -0.39 is 34.7 Å². The molecule has 4 aromatic rings. The molecule has 0 unspecified atom stereocenters. The average molecular weight is 463 g/mol. The minimum atomic E-state index is -5.14. The van der Waals surface area contributed by atoms with Gasteiger partial charge in [0.25, 0.3) is 0 Å². The van der Waals surface area contributed by atoms with Crippen LogP contribution in [0.15, 0.2) is 36.8 Å². The maximum atomic E-state index is 14.6. The molecule has 0 fully saturated rings. The smallest absolute Gasteiger partial charge is 0.419 e. The van der Waals surface area contributed by atoms with Gasteiger partial charge in [-0.3, -0.25) is 9.67 Å². The Balaban J connectivity index is 1.66. The third-order valence-electron chi connectivity index (χ3n) is 5.36. The third kappa shape index (κ3) is 3.29. The highest BCUT2D eigenvalue weighted by Crippen LogP contribution is 2.42. The summed E-state index contributed by atoms with van der Waals surface area (Å²) in [5, 5.41) is 14.0. The van der Waals surface area contributed by atoms with E-state index in [0.717, 1.165) is 5.69 Å². The van der Waals surface area contributed by atoms with Crippen LogP contribution in [0, 0.1) is 11.6 Å². The van der Waals surface area contributed by atoms with Crippen molar-refractivity contribution in [3.05, 3.63) is 54.0 Å². The van der Waals surface area contributed by atoms with Gasteiger partial charge in [0, 0.05) is 36.5 Å². The summed E-state index contributed by atoms with van der Waals surface area (Å²) in [6.07, 6.45) is -0.623. The first-order valence-electron chi connectivity index (χ1n) is 9.62. The van der Waals surface area contributed by atoms with E-state index in [1.807, 2.05) is 4.90 Å². The van der Waals surface area contributed by atoms with Gasteiger partial charge in [-0.1, -0.05) is 0 Å². The van der Waals surface area contributed by atoms with E-state index in [9.17, 15) is 27.1 Å². The van der Waals surface area contributed by atoms with E-state index in [1.54, 1.807) is 24.5 Å². The Morgan fingerprint density at radius 3 is 2.67 bits per heavy atom. The van der Waals surface area contributed by atoms with Gasteiger partial charge in [-0.05, 0) is 12.1 Å². The number of benzene rings is 1. The molecule has 0 spiro atoms. The first kappa shape index (κ1) is 20.9. The van der Waals surface area contributed by atoms with Crippen LogP contribution in [0.3, 0.4) is 0 Å². The minimum Gasteiger partial charge on any atom is -0.503 e. The van der Waals surface area contributed by atoms with Crippen LogP contribution in [0.1, 0.15) is 5.56 Å². The lowest BCUT2D eigenvalue weighted by atomic mass is 10.0. The summed E-state index contributed by atoms with van der Waals surface area (Å²) in [4.78, 5) is 10.3. The molecular formula is C21H14F5N5O2. The number of rotatable bonds is 2. The zero-order valence-corrected chi connectivity index (χ0v) is 16.9. The molecule has 0 atom stereocenters. The van der Waals surface area contributed by atoms with Crippen LogP contribution in [0.25, 0.3) is 22.2 Å². The molecule has 0 saturated carbocycles. The van der Waals surface area contributed by atoms with Crippen molar-refractivity contribution in [2.75, 3.05) is 18.1 Å². The quantitative estimate of drug-likeness (QED) is 0.439. The van der Waals surface area contributed by atoms with Crippen molar-refractivity contribution in [1.82, 2.24) is 19.7 Å². The fourth-order valence-electron chi connectivity index (χ4n) is 3.80. The van der Waals surface area contributed by atoms with Crippen molar-refractivity contribution in [2.45, 2.75) is 6.18 Å². The Labute approximate surface area is 182 Å². The molecule has 7 nitrogen and oxygen atoms in total. The zero-order valence-electron chi connectivity index (χ0n) is 16.9. The van der Waals surface area contributed by atoms with E-state index in [4.69, 9.17) is 4.74 Å². The van der Waals surface area contributed by atoms with Crippen LogP contribution >= 0.6 is 0 Å². The molecule has 170 valence electrons. The number of phenolic OH excluding ortho intramolecular Hbond substituents is 1. The second-order valence-corrected chi connectivity index (χ2v) is 7.32. The number of halogens is 5. The lowest BCUT2D eigenvalue weighted by Gasteiger charge is -2.29. The van der Waals surface area contributed by atoms with Gasteiger partial charge in [-0.25, -0.2) is 13.8 Å². The molecule has 1 aliphatic rings. The maximum absolute atomic E-state index is 14.6. The maximum Gasteiger partial charge on any atom is 0.419 e. The predicted octanol–water partition coefficient (Wildman–Crippen LogP) is 4.56. The van der Waals surface area contributed by atoms with E-state index >= 15 is 0 Å². The van der Waals surface area contributed by atoms with Crippen LogP contribution in [-0.4, -0.2) is 38.0 Å². The summed E-state index contributed by atoms with van der Waals surface area (Å²) in [6.45, 7) is 0.866. The molecule has 4 heterocycles. The fourth-order valence-corrected chi connectivity index (χ4v) is 3.80. The normalized spacial score (nSPS) is 13.8. The Bertz CT molecular complexity index is 1400. The lowest BCUT2D eigenvalue weighted by molar-refractivity contribution is -0.140. The van der Waals surface area contributed by atoms with E-state index in [-0.39, 0.29) is 11.1 Å². The number of ether oxygens (including phenoxy) is 1. The second-order valence-electron chi connectivity index (χ2n) is 7.32. The first-order chi connectivity index (χ1) is 15.7. The molecule has 12 heteroatoms. The largest absolute Gasteiger partial charge is 0.503 e. The van der Waals surface area contributed by atoms with Crippen LogP contribution < -0.4 is 9.64 Å². The monoisotopic (exact) mass is 463 g/mol. The standard InChI is InChI=1S/C21H14F5N5O2/c1-30-14-7-16(31-4-5-33-15-9-27-3-2-13(15)31)28-8-11(14)19(29-30)10-6-12(21(24,25)26)18(23)20(32)17(10)22/h2-3,6-9,32H,4-5H2,1H3. The molecule has 33 heavy (non-hydrogen) atoms. The average Bonchev–Trinajstić information content (AvgIpc) is 3.12. The number of phenols is 1. The number of pyridine rings is 2. The number of anilines is 2. The Morgan fingerprint density at radius 2 is 1.91 bits per heavy atom. The van der Waals surface area contributed by atoms with Crippen molar-refractivity contribution in [2.24, 2.45) is 7.05 Å². The minimum absolute atomic E-state index is 0.212. The van der Waals surface area contributed by atoms with Gasteiger partial charge in [0.05, 0.1) is 29.5 Å². The number of aromatic nitrogens is 4. The number of nitrogens with zero attached hydrogens (tertiary/aromatic N) is 5. The Kier molecular flexibility index (Phi) is 4.62. The van der Waals surface area contributed by atoms with Gasteiger partial charge in [0.15, 0.2) is 23.1 Å². The van der Waals surface area contributed by atoms with E-state index in [0.29, 0.717) is 36.3 Å². The molecule has 3 aromatic heterocycles. The second kappa shape index (κ2) is 7.29. The van der Waals surface area contributed by atoms with Crippen molar-refractivity contribution in [3.63, 3.8) is 0 Å². The SMILES string of the molecule is Cn1nc(-c2cc(C(F)(F)F)c(F)c(O)c2F)c2cnc(N3CCOc4cnccc43)cc21. The van der Waals surface area contributed by atoms with Gasteiger partial charge in [-0.2, -0.15) is 18.3 Å². The van der Waals surface area contributed by atoms with Crippen LogP contribution in [0.5, 0.6) is 11.5 Å². The molecule has 5 rings (SSSR count). The predicted molar refractivity (Wildman–Crippen MR) is 107 cm³/mol. The fraction of sp³-hybridized carbons (Fsp3) is 0.190. The van der Waals surface area contributed by atoms with Crippen molar-refractivity contribution in [3.8, 4) is 22.8 Å². The van der Waals surface area contributed by atoms with Crippen LogP contribution in [0.2, 0.25) is 0 Å². The molecule has 0 aliphatic carbocycles. The number of aryl methyl sites for hydroxylation is 1. The highest BCUT2D eigenvalue weighted by atomic mass is 19.4. The Hall–Kier alpha value is -3.96. The zero-order chi connectivity index (χ0) is 23.5. The summed E-state index contributed by atoms with van der Waals surface area (Å²) < 4.78 is 75.1. The van der Waals surface area contributed by atoms with Crippen molar-refractivity contribution in [1.29, 1.82) is 0 Å². The van der Waals surface area contributed by atoms with Crippen molar-refractivity contribution >= 4 is 22.4 Å². The first-order valence-corrected chi connectivity index (χ1v) is 9.62. The third-order valence-corrected chi connectivity index (χ3v) is 5.36. The van der Waals surface area contributed by atoms with Gasteiger partial charge >= 0.3 is 6.18 Å². The summed E-state index contributed by atoms with van der Waals surface area (Å²) in [6, 6.07) is 3.70. The molecule has 0 radical (unpaired) electrons. The summed E-state index contributed by atoms with van der Waals surface area (Å²) >= 11 is 0. The summed E-state index contributed by atoms with van der Waals surface area (Å²) in [5.41, 5.74) is -1.53. The van der Waals surface area contributed by atoms with Gasteiger partial charge in [0.1, 0.15) is 18.1 Å². The summed E-state index contributed by atoms with van der Waals surface area (Å²) in [7, 11) is 1.53. The number of fused-ring (bicyclic) bond motifs is 2. The number of hydrogen-bond donors (Lipinski definition) is 1. The van der Waals surface area contributed by atoms with E-state index in [2.05, 4.69) is 15.1 Å². The Morgan fingerprint density at radius 1 is 1.12 bits per heavy atom. The van der Waals surface area contributed by atoms with Gasteiger partial charge < -0.3 is 14.7 Å². The molecule has 1 aliphatic heterocycles. The topological polar surface area (TPSA) is 76.3 Å². The number of alkyl halides is 3. The molecule has 1 N–H and O–H groups in total. The van der Waals surface area contributed by atoms with Gasteiger partial charge in [-0.15, -0.1) is 0 Å². The number of aromatic hydroxyl groups is 1. The van der Waals surface area contributed by atoms with Crippen LogP contribution in [0.4, 0.5) is 33.5 Å². The number of hydrogen-bond acceptors (Lipinski definition) is 6.